The van der Waals surface area contributed by atoms with E-state index in [1.807, 2.05) is 0 Å². The number of phenols is 1. The van der Waals surface area contributed by atoms with Gasteiger partial charge in [-0.25, -0.2) is 0 Å². The van der Waals surface area contributed by atoms with E-state index in [0.717, 1.165) is 0 Å². The number of hydrogen-bond acceptors (Lipinski definition) is 4. The summed E-state index contributed by atoms with van der Waals surface area (Å²) in [4.78, 5) is 14.3. The molecule has 2 rings (SSSR count). The highest BCUT2D eigenvalue weighted by Crippen LogP contribution is 2.38. The molecular formula is C9H5ClN2O2. The van der Waals surface area contributed by atoms with Gasteiger partial charge in [-0.15, -0.1) is 4.91 Å². The molecule has 14 heavy (non-hydrogen) atoms. The topological polar surface area (TPSA) is 62.5 Å². The minimum absolute atomic E-state index is 0.00759. The summed E-state index contributed by atoms with van der Waals surface area (Å²) in [5.41, 5.74) is -0.00759. The molecule has 0 amide bonds. The van der Waals surface area contributed by atoms with Gasteiger partial charge in [0.05, 0.1) is 5.02 Å². The SMILES string of the molecule is O=Nc1c(O)cc(Cl)c2cnccc12. The Balaban J connectivity index is 2.97. The highest BCUT2D eigenvalue weighted by molar-refractivity contribution is 6.36. The second kappa shape index (κ2) is 3.23. The molecule has 70 valence electrons. The summed E-state index contributed by atoms with van der Waals surface area (Å²) < 4.78 is 0. The summed E-state index contributed by atoms with van der Waals surface area (Å²) in [5, 5.41) is 13.6. The molecule has 0 unspecified atom stereocenters. The van der Waals surface area contributed by atoms with Gasteiger partial charge in [-0.1, -0.05) is 11.6 Å². The number of aromatic nitrogens is 1. The summed E-state index contributed by atoms with van der Waals surface area (Å²) in [6, 6.07) is 2.86. The minimum Gasteiger partial charge on any atom is -0.505 e. The summed E-state index contributed by atoms with van der Waals surface area (Å²) in [6.45, 7) is 0. The van der Waals surface area contributed by atoms with Gasteiger partial charge in [-0.2, -0.15) is 0 Å². The monoisotopic (exact) mass is 208 g/mol. The average Bonchev–Trinajstić information content (AvgIpc) is 2.18. The van der Waals surface area contributed by atoms with Crippen molar-refractivity contribution in [1.29, 1.82) is 0 Å². The molecule has 4 nitrogen and oxygen atoms in total. The van der Waals surface area contributed by atoms with Gasteiger partial charge >= 0.3 is 0 Å². The number of fused-ring (bicyclic) bond motifs is 1. The van der Waals surface area contributed by atoms with E-state index in [1.165, 1.54) is 18.5 Å². The molecule has 0 saturated heterocycles. The Morgan fingerprint density at radius 1 is 1.43 bits per heavy atom. The van der Waals surface area contributed by atoms with Crippen molar-refractivity contribution < 1.29 is 5.11 Å². The molecule has 1 aromatic carbocycles. The van der Waals surface area contributed by atoms with E-state index in [-0.39, 0.29) is 11.4 Å². The van der Waals surface area contributed by atoms with Crippen LogP contribution >= 0.6 is 11.6 Å². The van der Waals surface area contributed by atoms with Crippen LogP contribution in [0, 0.1) is 4.91 Å². The van der Waals surface area contributed by atoms with Crippen molar-refractivity contribution in [2.24, 2.45) is 5.18 Å². The molecule has 2 aromatic rings. The number of benzene rings is 1. The Kier molecular flexibility index (Phi) is 2.05. The van der Waals surface area contributed by atoms with Crippen LogP contribution in [0.2, 0.25) is 5.02 Å². The van der Waals surface area contributed by atoms with Crippen LogP contribution in [-0.2, 0) is 0 Å². The highest BCUT2D eigenvalue weighted by atomic mass is 35.5. The van der Waals surface area contributed by atoms with E-state index < -0.39 is 0 Å². The Labute approximate surface area is 84.1 Å². The van der Waals surface area contributed by atoms with Crippen LogP contribution in [0.4, 0.5) is 5.69 Å². The Hall–Kier alpha value is -1.68. The van der Waals surface area contributed by atoms with Crippen LogP contribution in [0.15, 0.2) is 29.7 Å². The van der Waals surface area contributed by atoms with Gasteiger partial charge < -0.3 is 5.11 Å². The molecule has 0 bridgehead atoms. The van der Waals surface area contributed by atoms with Gasteiger partial charge in [0.25, 0.3) is 0 Å². The summed E-state index contributed by atoms with van der Waals surface area (Å²) in [6.07, 6.45) is 3.03. The van der Waals surface area contributed by atoms with E-state index >= 15 is 0 Å². The maximum absolute atomic E-state index is 10.5. The van der Waals surface area contributed by atoms with Crippen molar-refractivity contribution in [2.45, 2.75) is 0 Å². The van der Waals surface area contributed by atoms with Crippen molar-refractivity contribution in [3.05, 3.63) is 34.5 Å². The lowest BCUT2D eigenvalue weighted by atomic mass is 10.1. The van der Waals surface area contributed by atoms with Gasteiger partial charge in [0.1, 0.15) is 5.75 Å². The molecular weight excluding hydrogens is 204 g/mol. The van der Waals surface area contributed by atoms with Crippen molar-refractivity contribution in [1.82, 2.24) is 4.98 Å². The van der Waals surface area contributed by atoms with Crippen LogP contribution < -0.4 is 0 Å². The number of rotatable bonds is 1. The number of halogens is 1. The first-order valence-corrected chi connectivity index (χ1v) is 4.20. The third-order valence-corrected chi connectivity index (χ3v) is 2.24. The molecule has 0 atom stereocenters. The quantitative estimate of drug-likeness (QED) is 0.733. The minimum atomic E-state index is -0.219. The largest absolute Gasteiger partial charge is 0.505 e. The molecule has 0 aliphatic heterocycles. The molecule has 1 N–H and O–H groups in total. The van der Waals surface area contributed by atoms with Crippen molar-refractivity contribution in [3.8, 4) is 5.75 Å². The van der Waals surface area contributed by atoms with Crippen molar-refractivity contribution in [2.75, 3.05) is 0 Å². The Morgan fingerprint density at radius 2 is 2.21 bits per heavy atom. The third-order valence-electron chi connectivity index (χ3n) is 1.93. The zero-order chi connectivity index (χ0) is 10.1. The fourth-order valence-corrected chi connectivity index (χ4v) is 1.55. The number of nitrogens with zero attached hydrogens (tertiary/aromatic N) is 2. The predicted molar refractivity (Wildman–Crippen MR) is 53.9 cm³/mol. The highest BCUT2D eigenvalue weighted by Gasteiger charge is 2.10. The van der Waals surface area contributed by atoms with Crippen LogP contribution in [0.3, 0.4) is 0 Å². The maximum Gasteiger partial charge on any atom is 0.157 e. The molecule has 0 spiro atoms. The standard InChI is InChI=1S/C9H5ClN2O2/c10-7-3-8(13)9(12-14)5-1-2-11-4-6(5)7/h1-4,13H. The molecule has 0 aliphatic rings. The lowest BCUT2D eigenvalue weighted by molar-refractivity contribution is 0.477. The van der Waals surface area contributed by atoms with Gasteiger partial charge in [0, 0.05) is 29.2 Å². The van der Waals surface area contributed by atoms with Crippen LogP contribution in [0.5, 0.6) is 5.75 Å². The Bertz CT molecular complexity index is 513. The van der Waals surface area contributed by atoms with Gasteiger partial charge in [0.2, 0.25) is 0 Å². The van der Waals surface area contributed by atoms with E-state index in [9.17, 15) is 10.0 Å². The maximum atomic E-state index is 10.5. The van der Waals surface area contributed by atoms with Crippen LogP contribution in [0.1, 0.15) is 0 Å². The smallest absolute Gasteiger partial charge is 0.157 e. The second-order valence-electron chi connectivity index (χ2n) is 2.74. The van der Waals surface area contributed by atoms with Crippen LogP contribution in [0.25, 0.3) is 10.8 Å². The lowest BCUT2D eigenvalue weighted by Crippen LogP contribution is -1.78. The predicted octanol–water partition coefficient (Wildman–Crippen LogP) is 2.99. The Morgan fingerprint density at radius 3 is 2.93 bits per heavy atom. The fraction of sp³-hybridized carbons (Fsp3) is 0. The second-order valence-corrected chi connectivity index (χ2v) is 3.15. The van der Waals surface area contributed by atoms with E-state index in [2.05, 4.69) is 10.2 Å². The lowest BCUT2D eigenvalue weighted by Gasteiger charge is -2.03. The fourth-order valence-electron chi connectivity index (χ4n) is 1.29. The normalized spacial score (nSPS) is 10.4. The molecule has 0 aliphatic carbocycles. The zero-order valence-corrected chi connectivity index (χ0v) is 7.69. The zero-order valence-electron chi connectivity index (χ0n) is 6.94. The van der Waals surface area contributed by atoms with Gasteiger partial charge in [-0.3, -0.25) is 4.98 Å². The average molecular weight is 209 g/mol. The summed E-state index contributed by atoms with van der Waals surface area (Å²) in [7, 11) is 0. The summed E-state index contributed by atoms with van der Waals surface area (Å²) >= 11 is 5.85. The molecule has 1 heterocycles. The van der Waals surface area contributed by atoms with Gasteiger partial charge in [0.15, 0.2) is 5.69 Å². The number of aromatic hydroxyl groups is 1. The number of pyridine rings is 1. The third kappa shape index (κ3) is 1.20. The van der Waals surface area contributed by atoms with E-state index in [4.69, 9.17) is 11.6 Å². The van der Waals surface area contributed by atoms with E-state index in [1.54, 1.807) is 6.07 Å². The number of hydrogen-bond donors (Lipinski definition) is 1. The van der Waals surface area contributed by atoms with Crippen LogP contribution in [-0.4, -0.2) is 10.1 Å². The first-order valence-electron chi connectivity index (χ1n) is 3.82. The summed E-state index contributed by atoms with van der Waals surface area (Å²) in [5.74, 6) is -0.219. The van der Waals surface area contributed by atoms with Crippen molar-refractivity contribution >= 4 is 28.1 Å². The van der Waals surface area contributed by atoms with Gasteiger partial charge in [-0.05, 0) is 11.2 Å². The van der Waals surface area contributed by atoms with E-state index in [0.29, 0.717) is 15.8 Å². The number of nitroso groups, excluding NO2 is 1. The number of phenolic OH excluding ortho intramolecular Hbond substituents is 1. The molecule has 0 radical (unpaired) electrons. The first kappa shape index (κ1) is 8.90. The van der Waals surface area contributed by atoms with Crippen molar-refractivity contribution in [3.63, 3.8) is 0 Å². The molecule has 0 fully saturated rings. The molecule has 5 heteroatoms. The first-order chi connectivity index (χ1) is 6.74. The molecule has 1 aromatic heterocycles. The molecule has 0 saturated carbocycles.